The lowest BCUT2D eigenvalue weighted by atomic mass is 9.92. The Labute approximate surface area is 220 Å². The first-order valence-electron chi connectivity index (χ1n) is 13.0. The number of fused-ring (bicyclic) bond motifs is 2. The third-order valence-electron chi connectivity index (χ3n) is 7.60. The van der Waals surface area contributed by atoms with Gasteiger partial charge in [-0.2, -0.15) is 0 Å². The molecule has 38 heavy (non-hydrogen) atoms. The van der Waals surface area contributed by atoms with Gasteiger partial charge in [0.2, 0.25) is 0 Å². The maximum absolute atomic E-state index is 14.5. The molecule has 1 saturated heterocycles. The van der Waals surface area contributed by atoms with E-state index < -0.39 is 0 Å². The average molecular weight is 509 g/mol. The first kappa shape index (κ1) is 24.2. The summed E-state index contributed by atoms with van der Waals surface area (Å²) in [5.74, 6) is -0.561. The van der Waals surface area contributed by atoms with Gasteiger partial charge in [-0.3, -0.25) is 14.6 Å². The number of benzene rings is 3. The Balaban J connectivity index is 1.54. The van der Waals surface area contributed by atoms with Crippen molar-refractivity contribution in [2.24, 2.45) is 0 Å². The number of aromatic nitrogens is 1. The van der Waals surface area contributed by atoms with Crippen LogP contribution in [0.4, 0.5) is 4.39 Å². The number of nitrogens with one attached hydrogen (secondary N) is 2. The fourth-order valence-electron chi connectivity index (χ4n) is 5.74. The molecule has 0 spiro atoms. The minimum atomic E-state index is -0.354. The molecule has 3 heterocycles. The van der Waals surface area contributed by atoms with Gasteiger partial charge in [0.1, 0.15) is 5.82 Å². The molecule has 0 radical (unpaired) electrons. The molecule has 0 aliphatic carbocycles. The van der Waals surface area contributed by atoms with Gasteiger partial charge in [0, 0.05) is 48.9 Å². The van der Waals surface area contributed by atoms with Gasteiger partial charge in [0.25, 0.3) is 11.8 Å². The van der Waals surface area contributed by atoms with Crippen molar-refractivity contribution in [2.45, 2.75) is 32.4 Å². The lowest BCUT2D eigenvalue weighted by Crippen LogP contribution is -2.38. The van der Waals surface area contributed by atoms with Gasteiger partial charge in [-0.05, 0) is 84.5 Å². The van der Waals surface area contributed by atoms with Crippen molar-refractivity contribution in [3.63, 3.8) is 0 Å². The van der Waals surface area contributed by atoms with Crippen molar-refractivity contribution in [1.29, 1.82) is 0 Å². The molecule has 2 amide bonds. The van der Waals surface area contributed by atoms with E-state index in [9.17, 15) is 14.0 Å². The van der Waals surface area contributed by atoms with Gasteiger partial charge < -0.3 is 15.5 Å². The van der Waals surface area contributed by atoms with Gasteiger partial charge in [-0.1, -0.05) is 24.3 Å². The van der Waals surface area contributed by atoms with Gasteiger partial charge in [-0.25, -0.2) is 4.39 Å². The molecule has 0 saturated carbocycles. The molecule has 6 nitrogen and oxygen atoms in total. The first-order valence-corrected chi connectivity index (χ1v) is 13.0. The number of rotatable bonds is 5. The molecular formula is C31H29FN4O2. The molecule has 2 aliphatic rings. The van der Waals surface area contributed by atoms with Gasteiger partial charge in [0.05, 0.1) is 11.1 Å². The summed E-state index contributed by atoms with van der Waals surface area (Å²) >= 11 is 0. The quantitative estimate of drug-likeness (QED) is 0.394. The van der Waals surface area contributed by atoms with Crippen molar-refractivity contribution in [2.75, 3.05) is 20.1 Å². The number of pyridine rings is 1. The largest absolute Gasteiger partial charge is 0.348 e. The van der Waals surface area contributed by atoms with Gasteiger partial charge in [0.15, 0.2) is 0 Å². The molecule has 1 aromatic heterocycles. The average Bonchev–Trinajstić information content (AvgIpc) is 3.56. The summed E-state index contributed by atoms with van der Waals surface area (Å²) in [5.41, 5.74) is 6.63. The van der Waals surface area contributed by atoms with Crippen molar-refractivity contribution < 1.29 is 14.0 Å². The zero-order valence-electron chi connectivity index (χ0n) is 21.5. The molecule has 4 aromatic rings. The van der Waals surface area contributed by atoms with E-state index >= 15 is 0 Å². The smallest absolute Gasteiger partial charge is 0.255 e. The number of hydrogen-bond donors (Lipinski definition) is 2. The second-order valence-electron chi connectivity index (χ2n) is 10.3. The molecule has 1 fully saturated rings. The summed E-state index contributed by atoms with van der Waals surface area (Å²) in [6.45, 7) is 3.85. The highest BCUT2D eigenvalue weighted by atomic mass is 19.1. The van der Waals surface area contributed by atoms with Gasteiger partial charge >= 0.3 is 0 Å². The number of carbonyl (C=O) groups excluding carboxylic acids is 2. The van der Waals surface area contributed by atoms with Crippen LogP contribution in [0.3, 0.4) is 0 Å². The zero-order chi connectivity index (χ0) is 26.4. The summed E-state index contributed by atoms with van der Waals surface area (Å²) < 4.78 is 14.5. The molecule has 0 unspecified atom stereocenters. The number of hydrogen-bond acceptors (Lipinski definition) is 4. The molecule has 6 rings (SSSR count). The molecular weight excluding hydrogens is 479 g/mol. The summed E-state index contributed by atoms with van der Waals surface area (Å²) in [7, 11) is 1.82. The van der Waals surface area contributed by atoms with Crippen LogP contribution in [-0.2, 0) is 6.54 Å². The number of carbonyl (C=O) groups is 2. The minimum Gasteiger partial charge on any atom is -0.348 e. The fourth-order valence-corrected chi connectivity index (χ4v) is 5.74. The van der Waals surface area contributed by atoms with E-state index in [-0.39, 0.29) is 23.7 Å². The van der Waals surface area contributed by atoms with Crippen LogP contribution in [0, 0.1) is 12.7 Å². The second-order valence-corrected chi connectivity index (χ2v) is 10.3. The molecule has 0 bridgehead atoms. The Morgan fingerprint density at radius 3 is 2.71 bits per heavy atom. The Morgan fingerprint density at radius 1 is 1.08 bits per heavy atom. The van der Waals surface area contributed by atoms with Crippen LogP contribution in [-0.4, -0.2) is 47.9 Å². The number of likely N-dealkylation sites (N-methyl/N-ethyl adjacent to an activating group) is 1. The van der Waals surface area contributed by atoms with Crippen LogP contribution in [0.5, 0.6) is 0 Å². The highest BCUT2D eigenvalue weighted by Gasteiger charge is 2.26. The van der Waals surface area contributed by atoms with E-state index in [1.165, 1.54) is 12.1 Å². The van der Waals surface area contributed by atoms with Crippen molar-refractivity contribution >= 4 is 22.7 Å². The highest BCUT2D eigenvalue weighted by molar-refractivity contribution is 6.12. The van der Waals surface area contributed by atoms with E-state index in [1.54, 1.807) is 11.1 Å². The third-order valence-corrected chi connectivity index (χ3v) is 7.60. The van der Waals surface area contributed by atoms with E-state index in [1.807, 2.05) is 56.4 Å². The van der Waals surface area contributed by atoms with Gasteiger partial charge in [-0.15, -0.1) is 0 Å². The van der Waals surface area contributed by atoms with E-state index in [0.717, 1.165) is 41.6 Å². The van der Waals surface area contributed by atoms with E-state index in [0.29, 0.717) is 46.2 Å². The zero-order valence-corrected chi connectivity index (χ0v) is 21.5. The maximum atomic E-state index is 14.5. The summed E-state index contributed by atoms with van der Waals surface area (Å²) in [4.78, 5) is 32.8. The SMILES string of the molecule is Cc1cc(F)cc(-c2cnc3ccc(-c4cccc5c4CNC5=O)cc3c2C(=O)N(C)C[C@@H]2CCCN2)c1. The lowest BCUT2D eigenvalue weighted by Gasteiger charge is -2.24. The van der Waals surface area contributed by atoms with Crippen molar-refractivity contribution in [3.8, 4) is 22.3 Å². The number of nitrogens with zero attached hydrogens (tertiary/aromatic N) is 2. The lowest BCUT2D eigenvalue weighted by molar-refractivity contribution is 0.0786. The maximum Gasteiger partial charge on any atom is 0.255 e. The van der Waals surface area contributed by atoms with Crippen molar-refractivity contribution in [1.82, 2.24) is 20.5 Å². The van der Waals surface area contributed by atoms with E-state index in [4.69, 9.17) is 0 Å². The Bertz CT molecular complexity index is 1570. The molecule has 1 atom stereocenters. The molecule has 192 valence electrons. The summed E-state index contributed by atoms with van der Waals surface area (Å²) in [6, 6.07) is 16.6. The van der Waals surface area contributed by atoms with E-state index in [2.05, 4.69) is 15.6 Å². The van der Waals surface area contributed by atoms with Crippen LogP contribution in [0.2, 0.25) is 0 Å². The molecule has 2 aliphatic heterocycles. The van der Waals surface area contributed by atoms with Crippen LogP contribution >= 0.6 is 0 Å². The highest BCUT2D eigenvalue weighted by Crippen LogP contribution is 2.35. The normalized spacial score (nSPS) is 16.5. The standard InChI is InChI=1S/C31H29FN4O2/c1-18-11-20(13-21(32)12-18)26-15-34-28-9-8-19(23-6-3-7-24-27(23)16-35-30(24)37)14-25(28)29(26)31(38)36(2)17-22-5-4-10-33-22/h3,6-9,11-15,22,33H,4-5,10,16-17H2,1-2H3,(H,35,37)/t22-/m0/s1. The molecule has 7 heteroatoms. The van der Waals surface area contributed by atoms with Crippen LogP contribution in [0.25, 0.3) is 33.2 Å². The summed E-state index contributed by atoms with van der Waals surface area (Å²) in [6.07, 6.45) is 3.80. The number of halogens is 1. The molecule has 3 aromatic carbocycles. The fraction of sp³-hybridized carbons (Fsp3) is 0.258. The number of amides is 2. The third kappa shape index (κ3) is 4.33. The minimum absolute atomic E-state index is 0.0777. The van der Waals surface area contributed by atoms with Crippen molar-refractivity contribution in [3.05, 3.63) is 88.9 Å². The summed E-state index contributed by atoms with van der Waals surface area (Å²) in [5, 5.41) is 7.06. The monoisotopic (exact) mass is 508 g/mol. The second kappa shape index (κ2) is 9.65. The van der Waals surface area contributed by atoms with Crippen LogP contribution in [0.1, 0.15) is 44.7 Å². The molecule has 2 N–H and O–H groups in total. The Kier molecular flexibility index (Phi) is 6.16. The predicted molar refractivity (Wildman–Crippen MR) is 146 cm³/mol. The predicted octanol–water partition coefficient (Wildman–Crippen LogP) is 5.08. The Morgan fingerprint density at radius 2 is 1.92 bits per heavy atom. The topological polar surface area (TPSA) is 74.3 Å². The Hall–Kier alpha value is -4.10. The van der Waals surface area contributed by atoms with Crippen LogP contribution in [0.15, 0.2) is 60.8 Å². The van der Waals surface area contributed by atoms with Crippen LogP contribution < -0.4 is 10.6 Å². The number of aryl methyl sites for hydroxylation is 1. The first-order chi connectivity index (χ1) is 18.4.